The van der Waals surface area contributed by atoms with E-state index in [1.807, 2.05) is 5.32 Å². The average Bonchev–Trinajstić information content (AvgIpc) is 2.76. The normalized spacial score (nSPS) is 11.3. The maximum atomic E-state index is 13.5. The Morgan fingerprint density at radius 1 is 0.938 bits per heavy atom. The molecular formula is C21H20F3N3O5. The van der Waals surface area contributed by atoms with Gasteiger partial charge in [-0.1, -0.05) is 18.2 Å². The van der Waals surface area contributed by atoms with Gasteiger partial charge in [0.1, 0.15) is 6.54 Å². The molecule has 8 nitrogen and oxygen atoms in total. The van der Waals surface area contributed by atoms with Crippen LogP contribution < -0.4 is 16.0 Å². The number of hydrogen-bond acceptors (Lipinski definition) is 5. The number of ether oxygens (including phenoxy) is 1. The third-order valence-electron chi connectivity index (χ3n) is 4.19. The summed E-state index contributed by atoms with van der Waals surface area (Å²) in [5, 5.41) is 6.49. The van der Waals surface area contributed by atoms with Gasteiger partial charge in [0.25, 0.3) is 11.8 Å². The Hall–Kier alpha value is -3.89. The van der Waals surface area contributed by atoms with E-state index in [2.05, 4.69) is 10.6 Å². The van der Waals surface area contributed by atoms with Crippen molar-refractivity contribution in [2.75, 3.05) is 18.4 Å². The zero-order chi connectivity index (χ0) is 23.8. The minimum atomic E-state index is -1.75. The number of hydrogen-bond donors (Lipinski definition) is 3. The molecule has 0 saturated heterocycles. The Balaban J connectivity index is 1.77. The molecule has 0 aromatic heterocycles. The quantitative estimate of drug-likeness (QED) is 0.419. The van der Waals surface area contributed by atoms with E-state index in [0.717, 1.165) is 6.07 Å². The maximum absolute atomic E-state index is 13.5. The van der Waals surface area contributed by atoms with E-state index in [1.165, 1.54) is 6.92 Å². The van der Waals surface area contributed by atoms with Gasteiger partial charge in [-0.05, 0) is 37.6 Å². The second-order valence-electron chi connectivity index (χ2n) is 6.62. The van der Waals surface area contributed by atoms with E-state index in [9.17, 15) is 32.3 Å². The summed E-state index contributed by atoms with van der Waals surface area (Å²) in [7, 11) is 0. The molecule has 2 aromatic carbocycles. The molecule has 170 valence electrons. The van der Waals surface area contributed by atoms with Gasteiger partial charge < -0.3 is 20.7 Å². The molecule has 0 radical (unpaired) electrons. The number of carbonyl (C=O) groups excluding carboxylic acids is 4. The van der Waals surface area contributed by atoms with E-state index >= 15 is 0 Å². The van der Waals surface area contributed by atoms with Crippen molar-refractivity contribution in [3.05, 3.63) is 65.0 Å². The number of benzene rings is 2. The van der Waals surface area contributed by atoms with Crippen molar-refractivity contribution in [3.8, 4) is 0 Å². The van der Waals surface area contributed by atoms with Gasteiger partial charge in [0.15, 0.2) is 23.6 Å². The predicted octanol–water partition coefficient (Wildman–Crippen LogP) is 1.83. The Bertz CT molecular complexity index is 1050. The van der Waals surface area contributed by atoms with Gasteiger partial charge in [0.2, 0.25) is 5.91 Å². The molecule has 3 amide bonds. The largest absolute Gasteiger partial charge is 0.451 e. The molecule has 2 rings (SSSR count). The van der Waals surface area contributed by atoms with Crippen LogP contribution in [0.5, 0.6) is 0 Å². The zero-order valence-electron chi connectivity index (χ0n) is 17.1. The summed E-state index contributed by atoms with van der Waals surface area (Å²) in [6.07, 6.45) is -1.30. The first-order valence-electron chi connectivity index (χ1n) is 9.34. The van der Waals surface area contributed by atoms with Gasteiger partial charge in [0.05, 0.1) is 12.2 Å². The molecule has 0 fully saturated rings. The Kier molecular flexibility index (Phi) is 8.33. The highest BCUT2D eigenvalue weighted by Gasteiger charge is 2.20. The third-order valence-corrected chi connectivity index (χ3v) is 4.19. The third kappa shape index (κ3) is 6.56. The second-order valence-corrected chi connectivity index (χ2v) is 6.62. The fraction of sp³-hybridized carbons (Fsp3) is 0.238. The molecule has 0 bridgehead atoms. The Morgan fingerprint density at radius 2 is 1.62 bits per heavy atom. The highest BCUT2D eigenvalue weighted by molar-refractivity contribution is 5.97. The van der Waals surface area contributed by atoms with Crippen molar-refractivity contribution in [1.82, 2.24) is 10.6 Å². The molecule has 3 N–H and O–H groups in total. The minimum absolute atomic E-state index is 0.384. The number of esters is 1. The van der Waals surface area contributed by atoms with Gasteiger partial charge in [0, 0.05) is 5.56 Å². The van der Waals surface area contributed by atoms with Crippen LogP contribution in [0.2, 0.25) is 0 Å². The molecule has 11 heteroatoms. The van der Waals surface area contributed by atoms with Crippen molar-refractivity contribution < 1.29 is 37.1 Å². The van der Waals surface area contributed by atoms with Crippen LogP contribution in [0.3, 0.4) is 0 Å². The van der Waals surface area contributed by atoms with Crippen LogP contribution in [0.25, 0.3) is 0 Å². The van der Waals surface area contributed by atoms with Crippen molar-refractivity contribution in [3.63, 3.8) is 0 Å². The van der Waals surface area contributed by atoms with Gasteiger partial charge in [-0.15, -0.1) is 0 Å². The smallest absolute Gasteiger partial charge is 0.326 e. The van der Waals surface area contributed by atoms with Crippen LogP contribution in [-0.4, -0.2) is 42.9 Å². The number of rotatable bonds is 8. The van der Waals surface area contributed by atoms with Crippen LogP contribution in [0, 0.1) is 24.4 Å². The second kappa shape index (κ2) is 10.9. The van der Waals surface area contributed by atoms with Gasteiger partial charge in [-0.3, -0.25) is 19.2 Å². The first kappa shape index (κ1) is 24.4. The van der Waals surface area contributed by atoms with Crippen LogP contribution in [0.15, 0.2) is 36.4 Å². The van der Waals surface area contributed by atoms with Gasteiger partial charge >= 0.3 is 5.97 Å². The molecule has 2 aromatic rings. The standard InChI is InChI=1S/C21H20F3N3O5/c1-11-5-3-4-6-13(11)21(31)26-10-17(29)32-12(2)20(30)25-9-16(28)27-15-8-7-14(22)18(23)19(15)24/h3-8,12H,9-10H2,1-2H3,(H,25,30)(H,26,31)(H,27,28). The molecule has 0 aliphatic rings. The molecule has 0 spiro atoms. The van der Waals surface area contributed by atoms with Crippen molar-refractivity contribution in [1.29, 1.82) is 0 Å². The summed E-state index contributed by atoms with van der Waals surface area (Å²) in [5.74, 6) is -7.89. The summed E-state index contributed by atoms with van der Waals surface area (Å²) in [6, 6.07) is 8.20. The van der Waals surface area contributed by atoms with E-state index in [0.29, 0.717) is 17.2 Å². The van der Waals surface area contributed by atoms with Crippen LogP contribution in [-0.2, 0) is 19.1 Å². The highest BCUT2D eigenvalue weighted by Crippen LogP contribution is 2.19. The topological polar surface area (TPSA) is 114 Å². The number of halogens is 3. The van der Waals surface area contributed by atoms with E-state index in [-0.39, 0.29) is 0 Å². The molecule has 32 heavy (non-hydrogen) atoms. The summed E-state index contributed by atoms with van der Waals surface area (Å²) < 4.78 is 44.5. The SMILES string of the molecule is Cc1ccccc1C(=O)NCC(=O)OC(C)C(=O)NCC(=O)Nc1ccc(F)c(F)c1F. The summed E-state index contributed by atoms with van der Waals surface area (Å²) in [4.78, 5) is 47.7. The number of carbonyl (C=O) groups is 4. The average molecular weight is 451 g/mol. The molecule has 1 atom stereocenters. The monoisotopic (exact) mass is 451 g/mol. The molecule has 0 aliphatic heterocycles. The maximum Gasteiger partial charge on any atom is 0.326 e. The lowest BCUT2D eigenvalue weighted by atomic mass is 10.1. The van der Waals surface area contributed by atoms with E-state index < -0.39 is 66.0 Å². The lowest BCUT2D eigenvalue weighted by Gasteiger charge is -2.14. The fourth-order valence-electron chi connectivity index (χ4n) is 2.50. The number of aryl methyl sites for hydroxylation is 1. The molecular weight excluding hydrogens is 431 g/mol. The number of amides is 3. The molecule has 1 unspecified atom stereocenters. The lowest BCUT2D eigenvalue weighted by Crippen LogP contribution is -2.41. The first-order valence-corrected chi connectivity index (χ1v) is 9.34. The van der Waals surface area contributed by atoms with Crippen molar-refractivity contribution in [2.45, 2.75) is 20.0 Å². The zero-order valence-corrected chi connectivity index (χ0v) is 17.1. The Labute approximate surface area is 181 Å². The number of nitrogens with one attached hydrogen (secondary N) is 3. The predicted molar refractivity (Wildman–Crippen MR) is 107 cm³/mol. The van der Waals surface area contributed by atoms with E-state index in [1.54, 1.807) is 31.2 Å². The highest BCUT2D eigenvalue weighted by atomic mass is 19.2. The lowest BCUT2D eigenvalue weighted by molar-refractivity contribution is -0.153. The molecule has 0 heterocycles. The molecule has 0 aliphatic carbocycles. The Morgan fingerprint density at radius 3 is 2.31 bits per heavy atom. The first-order chi connectivity index (χ1) is 15.1. The summed E-state index contributed by atoms with van der Waals surface area (Å²) >= 11 is 0. The van der Waals surface area contributed by atoms with Crippen LogP contribution >= 0.6 is 0 Å². The van der Waals surface area contributed by atoms with Crippen molar-refractivity contribution >= 4 is 29.4 Å². The van der Waals surface area contributed by atoms with Gasteiger partial charge in [-0.2, -0.15) is 0 Å². The van der Waals surface area contributed by atoms with Crippen LogP contribution in [0.4, 0.5) is 18.9 Å². The fourth-order valence-corrected chi connectivity index (χ4v) is 2.50. The summed E-state index contributed by atoms with van der Waals surface area (Å²) in [5.41, 5.74) is 0.495. The van der Waals surface area contributed by atoms with Gasteiger partial charge in [-0.25, -0.2) is 13.2 Å². The van der Waals surface area contributed by atoms with Crippen LogP contribution in [0.1, 0.15) is 22.8 Å². The molecule has 0 saturated carbocycles. The van der Waals surface area contributed by atoms with Crippen molar-refractivity contribution in [2.24, 2.45) is 0 Å². The minimum Gasteiger partial charge on any atom is -0.451 e. The van der Waals surface area contributed by atoms with E-state index in [4.69, 9.17) is 4.74 Å². The number of anilines is 1. The summed E-state index contributed by atoms with van der Waals surface area (Å²) in [6.45, 7) is 1.84.